The molecule has 7 nitrogen and oxygen atoms in total. The normalized spacial score (nSPS) is 13.1. The number of halogens is 2. The molecule has 2 aromatic rings. The number of rotatable bonds is 12. The van der Waals surface area contributed by atoms with Gasteiger partial charge in [0.25, 0.3) is 0 Å². The summed E-state index contributed by atoms with van der Waals surface area (Å²) in [6, 6.07) is 11.5. The van der Waals surface area contributed by atoms with Crippen molar-refractivity contribution >= 4 is 50.7 Å². The molecule has 0 spiro atoms. The van der Waals surface area contributed by atoms with E-state index in [1.807, 2.05) is 19.9 Å². The van der Waals surface area contributed by atoms with Gasteiger partial charge < -0.3 is 10.2 Å². The van der Waals surface area contributed by atoms with E-state index < -0.39 is 16.1 Å². The molecule has 2 amide bonds. The van der Waals surface area contributed by atoms with E-state index in [1.165, 1.54) is 9.21 Å². The largest absolute Gasteiger partial charge is 0.352 e. The Morgan fingerprint density at radius 3 is 2.33 bits per heavy atom. The number of nitrogens with one attached hydrogen (secondary N) is 1. The first-order valence-electron chi connectivity index (χ1n) is 11.9. The monoisotopic (exact) mass is 555 g/mol. The molecule has 0 aliphatic rings. The van der Waals surface area contributed by atoms with Crippen molar-refractivity contribution in [3.63, 3.8) is 0 Å². The summed E-state index contributed by atoms with van der Waals surface area (Å²) in [7, 11) is -3.60. The average Bonchev–Trinajstić information content (AvgIpc) is 2.80. The smallest absolute Gasteiger partial charge is 0.242 e. The van der Waals surface area contributed by atoms with E-state index >= 15 is 0 Å². The van der Waals surface area contributed by atoms with Gasteiger partial charge >= 0.3 is 0 Å². The molecule has 198 valence electrons. The van der Waals surface area contributed by atoms with Crippen LogP contribution in [0.2, 0.25) is 10.0 Å². The molecule has 2 rings (SSSR count). The van der Waals surface area contributed by atoms with E-state index in [0.717, 1.165) is 23.8 Å². The Balaban J connectivity index is 2.21. The fourth-order valence-corrected chi connectivity index (χ4v) is 5.11. The Hall–Kier alpha value is -2.29. The van der Waals surface area contributed by atoms with Gasteiger partial charge in [-0.05, 0) is 69.0 Å². The first-order chi connectivity index (χ1) is 16.8. The molecule has 0 saturated heterocycles. The number of hydrogen-bond donors (Lipinski definition) is 1. The van der Waals surface area contributed by atoms with Crippen LogP contribution in [0.1, 0.15) is 51.2 Å². The second kappa shape index (κ2) is 13.3. The number of amides is 2. The Kier molecular flexibility index (Phi) is 11.1. The second-order valence-corrected chi connectivity index (χ2v) is 11.8. The van der Waals surface area contributed by atoms with Crippen molar-refractivity contribution in [3.05, 3.63) is 63.6 Å². The predicted molar refractivity (Wildman–Crippen MR) is 147 cm³/mol. The fraction of sp³-hybridized carbons (Fsp3) is 0.462. The number of aryl methyl sites for hydroxylation is 1. The maximum atomic E-state index is 13.3. The van der Waals surface area contributed by atoms with E-state index in [0.29, 0.717) is 15.7 Å². The van der Waals surface area contributed by atoms with E-state index in [-0.39, 0.29) is 43.8 Å². The van der Waals surface area contributed by atoms with Crippen molar-refractivity contribution in [2.24, 2.45) is 0 Å². The summed E-state index contributed by atoms with van der Waals surface area (Å²) in [4.78, 5) is 27.7. The summed E-state index contributed by atoms with van der Waals surface area (Å²) < 4.78 is 26.3. The number of nitrogens with zero attached hydrogens (tertiary/aromatic N) is 2. The molecule has 0 aliphatic heterocycles. The minimum absolute atomic E-state index is 0.0210. The highest BCUT2D eigenvalue weighted by atomic mass is 35.5. The highest BCUT2D eigenvalue weighted by Crippen LogP contribution is 2.27. The van der Waals surface area contributed by atoms with Gasteiger partial charge in [-0.25, -0.2) is 8.42 Å². The van der Waals surface area contributed by atoms with Crippen LogP contribution in [-0.2, 0) is 26.2 Å². The Labute approximate surface area is 224 Å². The SMILES string of the molecule is CC[C@H](C)NC(=O)[C@@H](C)N(Cc1cccc(Cl)c1)C(=O)CCCN(c1cc(Cl)ccc1C)S(C)(=O)=O. The maximum absolute atomic E-state index is 13.3. The van der Waals surface area contributed by atoms with Crippen molar-refractivity contribution in [1.82, 2.24) is 10.2 Å². The predicted octanol–water partition coefficient (Wildman–Crippen LogP) is 5.18. The number of benzene rings is 2. The van der Waals surface area contributed by atoms with Crippen LogP contribution in [-0.4, -0.2) is 50.0 Å². The van der Waals surface area contributed by atoms with Gasteiger partial charge in [-0.15, -0.1) is 0 Å². The van der Waals surface area contributed by atoms with Crippen molar-refractivity contribution in [2.45, 2.75) is 65.6 Å². The van der Waals surface area contributed by atoms with Crippen molar-refractivity contribution in [1.29, 1.82) is 0 Å². The Morgan fingerprint density at radius 1 is 1.06 bits per heavy atom. The van der Waals surface area contributed by atoms with Crippen molar-refractivity contribution < 1.29 is 18.0 Å². The zero-order chi connectivity index (χ0) is 27.0. The molecule has 10 heteroatoms. The van der Waals surface area contributed by atoms with Crippen LogP contribution < -0.4 is 9.62 Å². The highest BCUT2D eigenvalue weighted by Gasteiger charge is 2.27. The van der Waals surface area contributed by atoms with Gasteiger partial charge in [0.05, 0.1) is 11.9 Å². The summed E-state index contributed by atoms with van der Waals surface area (Å²) in [5.74, 6) is -0.495. The fourth-order valence-electron chi connectivity index (χ4n) is 3.71. The molecular weight excluding hydrogens is 521 g/mol. The maximum Gasteiger partial charge on any atom is 0.242 e. The minimum Gasteiger partial charge on any atom is -0.352 e. The number of anilines is 1. The summed E-state index contributed by atoms with van der Waals surface area (Å²) in [5.41, 5.74) is 2.04. The molecule has 0 bridgehead atoms. The van der Waals surface area contributed by atoms with Crippen molar-refractivity contribution in [2.75, 3.05) is 17.1 Å². The lowest BCUT2D eigenvalue weighted by Crippen LogP contribution is -2.49. The molecule has 0 aliphatic carbocycles. The molecule has 2 atom stereocenters. The molecule has 2 aromatic carbocycles. The van der Waals surface area contributed by atoms with Gasteiger partial charge in [0, 0.05) is 35.6 Å². The molecule has 0 radical (unpaired) electrons. The number of hydrogen-bond acceptors (Lipinski definition) is 4. The lowest BCUT2D eigenvalue weighted by molar-refractivity contribution is -0.140. The molecule has 1 N–H and O–H groups in total. The number of carbonyl (C=O) groups is 2. The summed E-state index contributed by atoms with van der Waals surface area (Å²) in [5, 5.41) is 3.89. The van der Waals surface area contributed by atoms with Crippen LogP contribution >= 0.6 is 23.2 Å². The van der Waals surface area contributed by atoms with Crippen LogP contribution in [0.15, 0.2) is 42.5 Å². The molecule has 36 heavy (non-hydrogen) atoms. The van der Waals surface area contributed by atoms with Gasteiger partial charge in [0.15, 0.2) is 0 Å². The van der Waals surface area contributed by atoms with Crippen LogP contribution in [0.25, 0.3) is 0 Å². The zero-order valence-electron chi connectivity index (χ0n) is 21.4. The van der Waals surface area contributed by atoms with Crippen molar-refractivity contribution in [3.8, 4) is 0 Å². The third-order valence-corrected chi connectivity index (χ3v) is 7.65. The molecular formula is C26H35Cl2N3O4S. The van der Waals surface area contributed by atoms with E-state index in [4.69, 9.17) is 23.2 Å². The first kappa shape index (κ1) is 29.9. The van der Waals surface area contributed by atoms with E-state index in [1.54, 1.807) is 50.2 Å². The number of carbonyl (C=O) groups excluding carboxylic acids is 2. The van der Waals surface area contributed by atoms with Gasteiger partial charge in [-0.2, -0.15) is 0 Å². The first-order valence-corrected chi connectivity index (χ1v) is 14.5. The summed E-state index contributed by atoms with van der Waals surface area (Å²) in [6.45, 7) is 7.69. The van der Waals surface area contributed by atoms with Crippen LogP contribution in [0.3, 0.4) is 0 Å². The van der Waals surface area contributed by atoms with Crippen LogP contribution in [0.4, 0.5) is 5.69 Å². The van der Waals surface area contributed by atoms with Gasteiger partial charge in [-0.1, -0.05) is 48.3 Å². The highest BCUT2D eigenvalue weighted by molar-refractivity contribution is 7.92. The third-order valence-electron chi connectivity index (χ3n) is 6.00. The quantitative estimate of drug-likeness (QED) is 0.391. The van der Waals surface area contributed by atoms with Gasteiger partial charge in [0.2, 0.25) is 21.8 Å². The summed E-state index contributed by atoms with van der Waals surface area (Å²) >= 11 is 12.2. The molecule has 0 heterocycles. The third kappa shape index (κ3) is 8.68. The topological polar surface area (TPSA) is 86.8 Å². The standard InChI is InChI=1S/C26H35Cl2N3O4S/c1-6-19(3)29-26(33)20(4)30(17-21-9-7-10-22(27)15-21)25(32)11-8-14-31(36(5,34)35)24-16-23(28)13-12-18(24)2/h7,9-10,12-13,15-16,19-20H,6,8,11,14,17H2,1-5H3,(H,29,33)/t19-,20+/m0/s1. The molecule has 0 saturated carbocycles. The van der Waals surface area contributed by atoms with Crippen LogP contribution in [0.5, 0.6) is 0 Å². The summed E-state index contributed by atoms with van der Waals surface area (Å²) in [6.07, 6.45) is 2.23. The second-order valence-electron chi connectivity index (χ2n) is 9.01. The number of sulfonamides is 1. The lowest BCUT2D eigenvalue weighted by Gasteiger charge is -2.30. The van der Waals surface area contributed by atoms with Gasteiger partial charge in [0.1, 0.15) is 6.04 Å². The lowest BCUT2D eigenvalue weighted by atomic mass is 10.1. The van der Waals surface area contributed by atoms with E-state index in [9.17, 15) is 18.0 Å². The molecule has 0 aromatic heterocycles. The minimum atomic E-state index is -3.60. The van der Waals surface area contributed by atoms with Crippen LogP contribution in [0, 0.1) is 6.92 Å². The molecule has 0 fully saturated rings. The zero-order valence-corrected chi connectivity index (χ0v) is 23.8. The van der Waals surface area contributed by atoms with Gasteiger partial charge in [-0.3, -0.25) is 13.9 Å². The Bertz CT molecular complexity index is 1170. The average molecular weight is 557 g/mol. The molecule has 0 unspecified atom stereocenters. The van der Waals surface area contributed by atoms with E-state index in [2.05, 4.69) is 5.32 Å². The Morgan fingerprint density at radius 2 is 1.72 bits per heavy atom.